The van der Waals surface area contributed by atoms with Crippen LogP contribution in [0.4, 0.5) is 4.39 Å². The highest BCUT2D eigenvalue weighted by molar-refractivity contribution is 5.66. The maximum absolute atomic E-state index is 14.5. The first kappa shape index (κ1) is 30.9. The maximum atomic E-state index is 14.5. The van der Waals surface area contributed by atoms with Gasteiger partial charge in [-0.15, -0.1) is 0 Å². The highest BCUT2D eigenvalue weighted by atomic mass is 19.1. The lowest BCUT2D eigenvalue weighted by Crippen LogP contribution is -2.58. The van der Waals surface area contributed by atoms with E-state index in [2.05, 4.69) is 20.8 Å². The number of halogens is 1. The van der Waals surface area contributed by atoms with Gasteiger partial charge in [0.25, 0.3) is 0 Å². The molecule has 0 saturated heterocycles. The smallest absolute Gasteiger partial charge is 0.302 e. The van der Waals surface area contributed by atoms with Crippen molar-refractivity contribution in [3.05, 3.63) is 35.6 Å². The second-order valence-electron chi connectivity index (χ2n) is 14.6. The summed E-state index contributed by atoms with van der Waals surface area (Å²) in [5.41, 5.74) is 0.997. The minimum atomic E-state index is -0.934. The van der Waals surface area contributed by atoms with Crippen LogP contribution >= 0.6 is 0 Å². The molecule has 4 saturated carbocycles. The Balaban J connectivity index is 1.22. The number of ether oxygens (including phenoxy) is 2. The molecule has 5 rings (SSSR count). The van der Waals surface area contributed by atoms with Crippen molar-refractivity contribution in [3.63, 3.8) is 0 Å². The third-order valence-electron chi connectivity index (χ3n) is 12.5. The zero-order valence-corrected chi connectivity index (χ0v) is 25.9. The van der Waals surface area contributed by atoms with Crippen LogP contribution in [0, 0.1) is 52.2 Å². The Kier molecular flexibility index (Phi) is 9.24. The molecule has 0 aliphatic heterocycles. The molecule has 5 nitrogen and oxygen atoms in total. The summed E-state index contributed by atoms with van der Waals surface area (Å²) in [6.45, 7) is 10.5. The first-order valence-electron chi connectivity index (χ1n) is 16.4. The van der Waals surface area contributed by atoms with Crippen LogP contribution in [-0.2, 0) is 14.3 Å². The van der Waals surface area contributed by atoms with Crippen molar-refractivity contribution in [2.45, 2.75) is 130 Å². The fourth-order valence-electron chi connectivity index (χ4n) is 10.7. The first-order valence-corrected chi connectivity index (χ1v) is 16.4. The van der Waals surface area contributed by atoms with Crippen molar-refractivity contribution >= 4 is 5.97 Å². The number of hydrogen-bond acceptors (Lipinski definition) is 5. The van der Waals surface area contributed by atoms with E-state index in [1.165, 1.54) is 45.1 Å². The number of fused-ring (bicyclic) bond motifs is 5. The summed E-state index contributed by atoms with van der Waals surface area (Å²) < 4.78 is 25.8. The molecule has 0 bridgehead atoms. The lowest BCUT2D eigenvalue weighted by Gasteiger charge is -2.62. The monoisotopic (exact) mass is 572 g/mol. The summed E-state index contributed by atoms with van der Waals surface area (Å²) >= 11 is 0. The molecule has 6 heteroatoms. The van der Waals surface area contributed by atoms with Gasteiger partial charge in [-0.1, -0.05) is 51.8 Å². The highest BCUT2D eigenvalue weighted by Gasteiger charge is 2.62. The van der Waals surface area contributed by atoms with Gasteiger partial charge in [0.2, 0.25) is 0 Å². The van der Waals surface area contributed by atoms with Crippen LogP contribution in [0.2, 0.25) is 0 Å². The van der Waals surface area contributed by atoms with Crippen LogP contribution in [0.3, 0.4) is 0 Å². The highest BCUT2D eigenvalue weighted by Crippen LogP contribution is 2.68. The predicted octanol–water partition coefficient (Wildman–Crippen LogP) is 7.59. The summed E-state index contributed by atoms with van der Waals surface area (Å²) in [5.74, 6) is 3.02. The maximum Gasteiger partial charge on any atom is 0.302 e. The van der Waals surface area contributed by atoms with E-state index in [4.69, 9.17) is 9.47 Å². The molecule has 1 aromatic carbocycles. The number of esters is 1. The van der Waals surface area contributed by atoms with Gasteiger partial charge in [-0.3, -0.25) is 4.79 Å². The fourth-order valence-corrected chi connectivity index (χ4v) is 10.7. The van der Waals surface area contributed by atoms with Crippen molar-refractivity contribution < 1.29 is 28.9 Å². The summed E-state index contributed by atoms with van der Waals surface area (Å²) in [6.07, 6.45) is 9.54. The second-order valence-corrected chi connectivity index (χ2v) is 14.6. The Bertz CT molecular complexity index is 1060. The average Bonchev–Trinajstić information content (AvgIpc) is 3.27. The minimum Gasteiger partial charge on any atom is -0.460 e. The lowest BCUT2D eigenvalue weighted by atomic mass is 9.44. The Morgan fingerprint density at radius 2 is 1.66 bits per heavy atom. The van der Waals surface area contributed by atoms with Crippen molar-refractivity contribution in [1.29, 1.82) is 0 Å². The lowest BCUT2D eigenvalue weighted by molar-refractivity contribution is -0.191. The molecule has 2 unspecified atom stereocenters. The number of aliphatic hydroxyl groups excluding tert-OH is 2. The summed E-state index contributed by atoms with van der Waals surface area (Å²) in [4.78, 5) is 11.6. The minimum absolute atomic E-state index is 0.121. The van der Waals surface area contributed by atoms with Crippen molar-refractivity contribution in [2.75, 3.05) is 0 Å². The van der Waals surface area contributed by atoms with Gasteiger partial charge < -0.3 is 19.7 Å². The first-order chi connectivity index (χ1) is 19.5. The third-order valence-corrected chi connectivity index (χ3v) is 12.5. The van der Waals surface area contributed by atoms with Crippen LogP contribution in [-0.4, -0.2) is 34.7 Å². The Morgan fingerprint density at radius 1 is 0.976 bits per heavy atom. The van der Waals surface area contributed by atoms with Gasteiger partial charge in [0.05, 0.1) is 12.2 Å². The second kappa shape index (κ2) is 12.2. The molecular formula is C35H53FO5. The standard InChI is InChI=1S/C35H53FO5/c1-21(9-8-12-31(40-22(2)37)25-10-6-7-11-30(25)36)26-15-16-27-24-13-14-29-33(39)32(41-23(3)38)18-20-35(29,5)28(24)17-19-34(26,27)4/h6-7,10-11,21-22,24,26-29,31-33,37,39H,8-9,12-20H2,1-5H3/t21-,22?,24+,26-,27+,28+,29+,31?,32+,33-,34-,35-/m1/s1. The van der Waals surface area contributed by atoms with Crippen molar-refractivity contribution in [2.24, 2.45) is 46.3 Å². The SMILES string of the molecule is CC(=O)O[C@H]1CC[C@@]2(C)[C@@H](CC[C@@H]3[C@@H]2CC[C@]2(C)[C@@H]([C@H](C)CCCC(OC(C)O)c4ccccc4F)CC[C@@H]32)[C@H]1O. The van der Waals surface area contributed by atoms with Gasteiger partial charge in [-0.25, -0.2) is 4.39 Å². The number of benzene rings is 1. The molecule has 0 aromatic heterocycles. The van der Waals surface area contributed by atoms with Crippen molar-refractivity contribution in [1.82, 2.24) is 0 Å². The third kappa shape index (κ3) is 5.87. The van der Waals surface area contributed by atoms with Crippen molar-refractivity contribution in [3.8, 4) is 0 Å². The van der Waals surface area contributed by atoms with Crippen LogP contribution < -0.4 is 0 Å². The van der Waals surface area contributed by atoms with E-state index >= 15 is 0 Å². The summed E-state index contributed by atoms with van der Waals surface area (Å²) in [6, 6.07) is 6.75. The molecule has 2 N–H and O–H groups in total. The Hall–Kier alpha value is -1.50. The topological polar surface area (TPSA) is 76.0 Å². The summed E-state index contributed by atoms with van der Waals surface area (Å²) in [5, 5.41) is 21.1. The van der Waals surface area contributed by atoms with Gasteiger partial charge in [-0.05, 0) is 117 Å². The van der Waals surface area contributed by atoms with E-state index in [0.717, 1.165) is 43.9 Å². The van der Waals surface area contributed by atoms with Crippen LogP contribution in [0.25, 0.3) is 0 Å². The van der Waals surface area contributed by atoms with E-state index in [0.29, 0.717) is 35.2 Å². The van der Waals surface area contributed by atoms with Crippen LogP contribution in [0.15, 0.2) is 24.3 Å². The van der Waals surface area contributed by atoms with E-state index < -0.39 is 18.5 Å². The van der Waals surface area contributed by atoms with E-state index in [9.17, 15) is 19.4 Å². The fraction of sp³-hybridized carbons (Fsp3) is 0.800. The number of aliphatic hydroxyl groups is 2. The molecule has 4 fully saturated rings. The zero-order valence-electron chi connectivity index (χ0n) is 25.9. The molecule has 230 valence electrons. The molecule has 4 aliphatic rings. The number of carbonyl (C=O) groups is 1. The van der Waals surface area contributed by atoms with Gasteiger partial charge >= 0.3 is 5.97 Å². The van der Waals surface area contributed by atoms with Gasteiger partial charge in [0, 0.05) is 12.5 Å². The normalized spacial score (nSPS) is 40.5. The molecule has 0 spiro atoms. The molecular weight excluding hydrogens is 519 g/mol. The average molecular weight is 573 g/mol. The molecule has 1 aromatic rings. The molecule has 12 atom stereocenters. The molecule has 4 aliphatic carbocycles. The molecule has 0 radical (unpaired) electrons. The largest absolute Gasteiger partial charge is 0.460 e. The van der Waals surface area contributed by atoms with Gasteiger partial charge in [-0.2, -0.15) is 0 Å². The molecule has 0 heterocycles. The van der Waals surface area contributed by atoms with Crippen LogP contribution in [0.5, 0.6) is 0 Å². The van der Waals surface area contributed by atoms with Gasteiger partial charge in [0.1, 0.15) is 11.9 Å². The van der Waals surface area contributed by atoms with Gasteiger partial charge in [0.15, 0.2) is 6.29 Å². The summed E-state index contributed by atoms with van der Waals surface area (Å²) in [7, 11) is 0. The predicted molar refractivity (Wildman–Crippen MR) is 157 cm³/mol. The van der Waals surface area contributed by atoms with E-state index in [-0.39, 0.29) is 29.2 Å². The molecule has 0 amide bonds. The number of rotatable bonds is 9. The quantitative estimate of drug-likeness (QED) is 0.236. The van der Waals surface area contributed by atoms with Crippen LogP contribution in [0.1, 0.15) is 117 Å². The Labute approximate surface area is 246 Å². The number of hydrogen-bond donors (Lipinski definition) is 2. The van der Waals surface area contributed by atoms with E-state index in [1.807, 2.05) is 6.07 Å². The number of carbonyl (C=O) groups excluding carboxylic acids is 1. The van der Waals surface area contributed by atoms with E-state index in [1.54, 1.807) is 19.1 Å². The molecule has 41 heavy (non-hydrogen) atoms. The zero-order chi connectivity index (χ0) is 29.5. The Morgan fingerprint density at radius 3 is 2.37 bits per heavy atom.